The smallest absolute Gasteiger partial charge is 0.257 e. The molecule has 4 N–H and O–H groups in total. The van der Waals surface area contributed by atoms with E-state index < -0.39 is 0 Å². The lowest BCUT2D eigenvalue weighted by atomic mass is 9.93. The van der Waals surface area contributed by atoms with Crippen LogP contribution in [0, 0.1) is 12.8 Å². The number of amides is 2. The predicted octanol–water partition coefficient (Wildman–Crippen LogP) is 2.72. The van der Waals surface area contributed by atoms with E-state index in [1.54, 1.807) is 16.9 Å². The number of aromatic nitrogens is 2. The highest BCUT2D eigenvalue weighted by Crippen LogP contribution is 2.47. The number of carbonyl (C=O) groups excluding carboxylic acids is 2. The first kappa shape index (κ1) is 18.2. The Kier molecular flexibility index (Phi) is 4.15. The number of rotatable bonds is 5. The van der Waals surface area contributed by atoms with Gasteiger partial charge in [0.15, 0.2) is 5.82 Å². The van der Waals surface area contributed by atoms with Crippen molar-refractivity contribution in [2.24, 2.45) is 5.92 Å². The Morgan fingerprint density at radius 3 is 2.59 bits per heavy atom. The van der Waals surface area contributed by atoms with Crippen LogP contribution >= 0.6 is 0 Å². The molecule has 29 heavy (non-hydrogen) atoms. The monoisotopic (exact) mass is 393 g/mol. The molecule has 2 bridgehead atoms. The van der Waals surface area contributed by atoms with Gasteiger partial charge in [-0.1, -0.05) is 6.07 Å². The van der Waals surface area contributed by atoms with Crippen LogP contribution in [0.25, 0.3) is 5.69 Å². The third-order valence-corrected chi connectivity index (χ3v) is 6.74. The molecular weight excluding hydrogens is 366 g/mol. The molecule has 3 aliphatic rings. The van der Waals surface area contributed by atoms with Crippen LogP contribution in [-0.4, -0.2) is 33.2 Å². The third-order valence-electron chi connectivity index (χ3n) is 6.74. The van der Waals surface area contributed by atoms with E-state index >= 15 is 0 Å². The van der Waals surface area contributed by atoms with E-state index in [0.29, 0.717) is 17.2 Å². The number of benzene rings is 1. The molecule has 1 aromatic heterocycles. The van der Waals surface area contributed by atoms with Crippen LogP contribution in [0.15, 0.2) is 24.4 Å². The fourth-order valence-corrected chi connectivity index (χ4v) is 4.85. The third kappa shape index (κ3) is 3.39. The van der Waals surface area contributed by atoms with Gasteiger partial charge in [0.2, 0.25) is 0 Å². The minimum atomic E-state index is -0.156. The minimum Gasteiger partial charge on any atom is -0.382 e. The number of carbonyl (C=O) groups is 2. The molecule has 7 heteroatoms. The second-order valence-corrected chi connectivity index (χ2v) is 9.00. The Morgan fingerprint density at radius 2 is 1.93 bits per heavy atom. The zero-order valence-corrected chi connectivity index (χ0v) is 16.7. The van der Waals surface area contributed by atoms with E-state index in [-0.39, 0.29) is 23.2 Å². The van der Waals surface area contributed by atoms with Gasteiger partial charge in [-0.3, -0.25) is 9.59 Å². The maximum Gasteiger partial charge on any atom is 0.257 e. The lowest BCUT2D eigenvalue weighted by molar-refractivity contribution is 0.0900. The summed E-state index contributed by atoms with van der Waals surface area (Å²) < 4.78 is 1.61. The summed E-state index contributed by atoms with van der Waals surface area (Å²) in [5, 5.41) is 10.6. The van der Waals surface area contributed by atoms with Crippen LogP contribution in [0.4, 0.5) is 5.82 Å². The largest absolute Gasteiger partial charge is 0.382 e. The summed E-state index contributed by atoms with van der Waals surface area (Å²) in [5.41, 5.74) is 8.71. The topological polar surface area (TPSA) is 102 Å². The standard InChI is InChI=1S/C22H27N5O2/c1-13-2-3-15(20(28)24-16-4-5-16)10-18(13)27-12-17(19(23)26-27)21(29)25-22-8-6-14(11-22)7-9-22/h2-3,10,12,14,16H,4-9,11H2,1H3,(H2,23,26)(H,24,28)(H,25,29). The van der Waals surface area contributed by atoms with Gasteiger partial charge in [-0.05, 0) is 75.5 Å². The summed E-state index contributed by atoms with van der Waals surface area (Å²) in [7, 11) is 0. The first-order valence-corrected chi connectivity index (χ1v) is 10.5. The number of anilines is 1. The van der Waals surface area contributed by atoms with Gasteiger partial charge in [0.1, 0.15) is 5.56 Å². The lowest BCUT2D eigenvalue weighted by Crippen LogP contribution is -2.45. The molecule has 3 fully saturated rings. The molecule has 0 unspecified atom stereocenters. The van der Waals surface area contributed by atoms with Crippen molar-refractivity contribution in [2.45, 2.75) is 63.5 Å². The van der Waals surface area contributed by atoms with Gasteiger partial charge in [0, 0.05) is 23.3 Å². The van der Waals surface area contributed by atoms with Gasteiger partial charge in [-0.15, -0.1) is 5.10 Å². The first-order chi connectivity index (χ1) is 13.9. The molecular formula is C22H27N5O2. The van der Waals surface area contributed by atoms with Crippen LogP contribution < -0.4 is 16.4 Å². The Labute approximate surface area is 170 Å². The van der Waals surface area contributed by atoms with Crippen molar-refractivity contribution < 1.29 is 9.59 Å². The molecule has 0 radical (unpaired) electrons. The first-order valence-electron chi connectivity index (χ1n) is 10.5. The van der Waals surface area contributed by atoms with Crippen molar-refractivity contribution >= 4 is 17.6 Å². The number of fused-ring (bicyclic) bond motifs is 2. The predicted molar refractivity (Wildman–Crippen MR) is 110 cm³/mol. The molecule has 5 rings (SSSR count). The molecule has 0 atom stereocenters. The zero-order valence-electron chi connectivity index (χ0n) is 16.7. The molecule has 0 saturated heterocycles. The van der Waals surface area contributed by atoms with Crippen molar-refractivity contribution in [1.82, 2.24) is 20.4 Å². The van der Waals surface area contributed by atoms with Gasteiger partial charge in [-0.2, -0.15) is 0 Å². The summed E-state index contributed by atoms with van der Waals surface area (Å²) in [6, 6.07) is 5.81. The summed E-state index contributed by atoms with van der Waals surface area (Å²) in [4.78, 5) is 25.3. The summed E-state index contributed by atoms with van der Waals surface area (Å²) in [5.74, 6) is 0.723. The number of nitrogens with one attached hydrogen (secondary N) is 2. The summed E-state index contributed by atoms with van der Waals surface area (Å²) >= 11 is 0. The summed E-state index contributed by atoms with van der Waals surface area (Å²) in [6.07, 6.45) is 9.33. The maximum atomic E-state index is 12.9. The maximum absolute atomic E-state index is 12.9. The molecule has 3 aliphatic carbocycles. The summed E-state index contributed by atoms with van der Waals surface area (Å²) in [6.45, 7) is 1.95. The molecule has 7 nitrogen and oxygen atoms in total. The number of aryl methyl sites for hydroxylation is 1. The fourth-order valence-electron chi connectivity index (χ4n) is 4.85. The zero-order chi connectivity index (χ0) is 20.2. The quantitative estimate of drug-likeness (QED) is 0.727. The highest BCUT2D eigenvalue weighted by Gasteiger charge is 2.46. The van der Waals surface area contributed by atoms with Crippen LogP contribution in [0.1, 0.15) is 71.2 Å². The van der Waals surface area contributed by atoms with Gasteiger partial charge >= 0.3 is 0 Å². The van der Waals surface area contributed by atoms with Crippen molar-refractivity contribution in [3.8, 4) is 5.69 Å². The average Bonchev–Trinajstić information content (AvgIpc) is 3.11. The minimum absolute atomic E-state index is 0.0625. The SMILES string of the molecule is Cc1ccc(C(=O)NC2CC2)cc1-n1cc(C(=O)NC23CCC(CC2)C3)c(N)n1. The molecule has 1 aromatic carbocycles. The van der Waals surface area contributed by atoms with E-state index in [9.17, 15) is 9.59 Å². The molecule has 0 spiro atoms. The van der Waals surface area contributed by atoms with E-state index in [1.807, 2.05) is 19.1 Å². The van der Waals surface area contributed by atoms with Gasteiger partial charge in [-0.25, -0.2) is 4.68 Å². The van der Waals surface area contributed by atoms with E-state index in [0.717, 1.165) is 49.3 Å². The van der Waals surface area contributed by atoms with E-state index in [2.05, 4.69) is 15.7 Å². The highest BCUT2D eigenvalue weighted by molar-refractivity contribution is 5.99. The fraction of sp³-hybridized carbons (Fsp3) is 0.500. The van der Waals surface area contributed by atoms with E-state index in [1.165, 1.54) is 12.8 Å². The Balaban J connectivity index is 1.39. The number of nitrogens with two attached hydrogens (primary N) is 1. The molecule has 0 aliphatic heterocycles. The molecule has 1 heterocycles. The van der Waals surface area contributed by atoms with Crippen LogP contribution in [-0.2, 0) is 0 Å². The molecule has 3 saturated carbocycles. The second-order valence-electron chi connectivity index (χ2n) is 9.00. The normalized spacial score (nSPS) is 25.2. The van der Waals surface area contributed by atoms with Crippen molar-refractivity contribution in [3.63, 3.8) is 0 Å². The Bertz CT molecular complexity index is 983. The van der Waals surface area contributed by atoms with E-state index in [4.69, 9.17) is 5.73 Å². The molecule has 152 valence electrons. The van der Waals surface area contributed by atoms with Crippen molar-refractivity contribution in [2.75, 3.05) is 5.73 Å². The second kappa shape index (κ2) is 6.61. The number of hydrogen-bond acceptors (Lipinski definition) is 4. The molecule has 2 amide bonds. The van der Waals surface area contributed by atoms with Crippen molar-refractivity contribution in [3.05, 3.63) is 41.1 Å². The van der Waals surface area contributed by atoms with Crippen LogP contribution in [0.2, 0.25) is 0 Å². The van der Waals surface area contributed by atoms with Gasteiger partial charge in [0.25, 0.3) is 11.8 Å². The molecule has 2 aromatic rings. The van der Waals surface area contributed by atoms with Crippen molar-refractivity contribution in [1.29, 1.82) is 0 Å². The number of nitrogens with zero attached hydrogens (tertiary/aromatic N) is 2. The average molecular weight is 393 g/mol. The van der Waals surface area contributed by atoms with Crippen LogP contribution in [0.3, 0.4) is 0 Å². The van der Waals surface area contributed by atoms with Gasteiger partial charge in [0.05, 0.1) is 5.69 Å². The number of hydrogen-bond donors (Lipinski definition) is 3. The number of nitrogen functional groups attached to an aromatic ring is 1. The lowest BCUT2D eigenvalue weighted by Gasteiger charge is -2.27. The Morgan fingerprint density at radius 1 is 1.17 bits per heavy atom. The highest BCUT2D eigenvalue weighted by atomic mass is 16.2. The van der Waals surface area contributed by atoms with Gasteiger partial charge < -0.3 is 16.4 Å². The van der Waals surface area contributed by atoms with Crippen LogP contribution in [0.5, 0.6) is 0 Å². The Hall–Kier alpha value is -2.83.